The third kappa shape index (κ3) is 3.54. The summed E-state index contributed by atoms with van der Waals surface area (Å²) in [5, 5.41) is 12.4. The van der Waals surface area contributed by atoms with E-state index in [2.05, 4.69) is 34.5 Å². The minimum Gasteiger partial charge on any atom is -0.395 e. The summed E-state index contributed by atoms with van der Waals surface area (Å²) in [6.45, 7) is 3.08. The average Bonchev–Trinajstić information content (AvgIpc) is 3.18. The molecule has 1 fully saturated rings. The molecule has 26 heavy (non-hydrogen) atoms. The second kappa shape index (κ2) is 7.47. The van der Waals surface area contributed by atoms with Crippen LogP contribution in [0.3, 0.4) is 0 Å². The lowest BCUT2D eigenvalue weighted by atomic mass is 10.1. The molecule has 6 heteroatoms. The molecule has 1 atom stereocenters. The normalized spacial score (nSPS) is 19.0. The highest BCUT2D eigenvalue weighted by atomic mass is 32.1. The van der Waals surface area contributed by atoms with Gasteiger partial charge in [-0.1, -0.05) is 24.3 Å². The van der Waals surface area contributed by atoms with E-state index in [0.29, 0.717) is 25.2 Å². The minimum absolute atomic E-state index is 0.0744. The number of aliphatic hydroxyl groups is 1. The molecule has 1 aromatic carbocycles. The summed E-state index contributed by atoms with van der Waals surface area (Å²) >= 11 is 1.55. The van der Waals surface area contributed by atoms with Crippen LogP contribution >= 0.6 is 11.3 Å². The Bertz CT molecular complexity index is 787. The van der Waals surface area contributed by atoms with Crippen molar-refractivity contribution in [1.29, 1.82) is 0 Å². The van der Waals surface area contributed by atoms with Gasteiger partial charge in [-0.2, -0.15) is 0 Å². The minimum atomic E-state index is 0.0744. The molecule has 5 nitrogen and oxygen atoms in total. The molecule has 2 aliphatic carbocycles. The zero-order valence-corrected chi connectivity index (χ0v) is 15.9. The lowest BCUT2D eigenvalue weighted by molar-refractivity contribution is -0.116. The van der Waals surface area contributed by atoms with Crippen molar-refractivity contribution >= 4 is 22.4 Å². The van der Waals surface area contributed by atoms with Gasteiger partial charge in [-0.3, -0.25) is 14.6 Å². The van der Waals surface area contributed by atoms with Gasteiger partial charge in [0.1, 0.15) is 0 Å². The van der Waals surface area contributed by atoms with Crippen LogP contribution in [0.2, 0.25) is 0 Å². The van der Waals surface area contributed by atoms with Crippen LogP contribution in [0, 0.1) is 0 Å². The molecular formula is C20H25N3O2S. The molecule has 1 N–H and O–H groups in total. The molecule has 0 radical (unpaired) electrons. The number of aromatic nitrogens is 1. The van der Waals surface area contributed by atoms with E-state index in [1.807, 2.05) is 4.90 Å². The van der Waals surface area contributed by atoms with Crippen molar-refractivity contribution in [1.82, 2.24) is 9.88 Å². The second-order valence-corrected chi connectivity index (χ2v) is 8.03. The van der Waals surface area contributed by atoms with Crippen molar-refractivity contribution in [3.63, 3.8) is 0 Å². The van der Waals surface area contributed by atoms with Crippen molar-refractivity contribution in [3.05, 3.63) is 46.5 Å². The Balaban J connectivity index is 1.52. The molecule has 2 aromatic rings. The number of carbonyl (C=O) groups is 1. The van der Waals surface area contributed by atoms with Crippen LogP contribution in [-0.2, 0) is 17.8 Å². The molecule has 1 saturated carbocycles. The number of aliphatic hydroxyl groups excluding tert-OH is 1. The lowest BCUT2D eigenvalue weighted by Crippen LogP contribution is -2.31. The highest BCUT2D eigenvalue weighted by Gasteiger charge is 2.34. The third-order valence-electron chi connectivity index (χ3n) is 5.29. The molecule has 0 bridgehead atoms. The van der Waals surface area contributed by atoms with Gasteiger partial charge in [0.2, 0.25) is 5.91 Å². The number of hydrogen-bond acceptors (Lipinski definition) is 5. The van der Waals surface area contributed by atoms with E-state index < -0.39 is 0 Å². The second-order valence-electron chi connectivity index (χ2n) is 7.19. The summed E-state index contributed by atoms with van der Waals surface area (Å²) in [6, 6.07) is 9.26. The van der Waals surface area contributed by atoms with Gasteiger partial charge in [-0.25, -0.2) is 4.98 Å². The first-order valence-electron chi connectivity index (χ1n) is 9.34. The maximum Gasteiger partial charge on any atom is 0.225 e. The van der Waals surface area contributed by atoms with Crippen molar-refractivity contribution in [2.45, 2.75) is 51.2 Å². The Morgan fingerprint density at radius 2 is 2.12 bits per heavy atom. The molecule has 0 spiro atoms. The van der Waals surface area contributed by atoms with Gasteiger partial charge in [-0.05, 0) is 36.8 Å². The van der Waals surface area contributed by atoms with E-state index in [4.69, 9.17) is 4.98 Å². The summed E-state index contributed by atoms with van der Waals surface area (Å²) in [7, 11) is 0. The van der Waals surface area contributed by atoms with Gasteiger partial charge in [0.15, 0.2) is 5.13 Å². The van der Waals surface area contributed by atoms with E-state index in [1.165, 1.54) is 11.1 Å². The van der Waals surface area contributed by atoms with Gasteiger partial charge in [0.25, 0.3) is 0 Å². The number of aryl methyl sites for hydroxylation is 1. The van der Waals surface area contributed by atoms with Crippen LogP contribution in [0.15, 0.2) is 29.6 Å². The number of benzene rings is 1. The molecule has 4 rings (SSSR count). The predicted molar refractivity (Wildman–Crippen MR) is 103 cm³/mol. The Labute approximate surface area is 158 Å². The molecule has 0 saturated heterocycles. The van der Waals surface area contributed by atoms with Crippen LogP contribution in [0.5, 0.6) is 0 Å². The fraction of sp³-hybridized carbons (Fsp3) is 0.500. The summed E-state index contributed by atoms with van der Waals surface area (Å²) in [6.07, 6.45) is 4.32. The van der Waals surface area contributed by atoms with Crippen LogP contribution in [-0.4, -0.2) is 40.1 Å². The fourth-order valence-electron chi connectivity index (χ4n) is 3.96. The van der Waals surface area contributed by atoms with Crippen LogP contribution < -0.4 is 4.90 Å². The summed E-state index contributed by atoms with van der Waals surface area (Å²) in [5.74, 6) is 0.0744. The lowest BCUT2D eigenvalue weighted by Gasteiger charge is -2.28. The topological polar surface area (TPSA) is 56.7 Å². The Morgan fingerprint density at radius 1 is 1.31 bits per heavy atom. The van der Waals surface area contributed by atoms with E-state index >= 15 is 0 Å². The molecule has 138 valence electrons. The van der Waals surface area contributed by atoms with E-state index in [-0.39, 0.29) is 12.5 Å². The van der Waals surface area contributed by atoms with Crippen molar-refractivity contribution in [3.8, 4) is 0 Å². The third-order valence-corrected chi connectivity index (χ3v) is 6.18. The Morgan fingerprint density at radius 3 is 2.85 bits per heavy atom. The van der Waals surface area contributed by atoms with E-state index in [9.17, 15) is 9.90 Å². The molecule has 1 unspecified atom stereocenters. The maximum absolute atomic E-state index is 12.0. The zero-order valence-electron chi connectivity index (χ0n) is 15.1. The largest absolute Gasteiger partial charge is 0.395 e. The number of carbonyl (C=O) groups excluding carboxylic acids is 1. The molecule has 0 aliphatic heterocycles. The van der Waals surface area contributed by atoms with Crippen molar-refractivity contribution < 1.29 is 9.90 Å². The monoisotopic (exact) mass is 371 g/mol. The summed E-state index contributed by atoms with van der Waals surface area (Å²) < 4.78 is 0. The molecule has 1 aromatic heterocycles. The number of thiazole rings is 1. The first-order valence-corrected chi connectivity index (χ1v) is 10.2. The smallest absolute Gasteiger partial charge is 0.225 e. The van der Waals surface area contributed by atoms with Gasteiger partial charge in [0, 0.05) is 37.5 Å². The molecule has 1 heterocycles. The summed E-state index contributed by atoms with van der Waals surface area (Å²) in [4.78, 5) is 20.9. The summed E-state index contributed by atoms with van der Waals surface area (Å²) in [5.41, 5.74) is 3.77. The van der Waals surface area contributed by atoms with Crippen molar-refractivity contribution in [2.75, 3.05) is 18.1 Å². The fourth-order valence-corrected chi connectivity index (χ4v) is 4.89. The van der Waals surface area contributed by atoms with Crippen LogP contribution in [0.1, 0.15) is 49.0 Å². The SMILES string of the molecule is CC(=O)N(c1nc(CN(CCO)C2CCc3ccccc32)cs1)C1CC1. The average molecular weight is 372 g/mol. The van der Waals surface area contributed by atoms with Gasteiger partial charge in [-0.15, -0.1) is 11.3 Å². The highest BCUT2D eigenvalue weighted by Crippen LogP contribution is 2.37. The van der Waals surface area contributed by atoms with E-state index in [0.717, 1.165) is 36.5 Å². The predicted octanol–water partition coefficient (Wildman–Crippen LogP) is 3.14. The number of nitrogens with zero attached hydrogens (tertiary/aromatic N) is 3. The standard InChI is InChI=1S/C20H25N3O2S/c1-14(25)23(17-7-8-17)20-21-16(13-26-20)12-22(10-11-24)19-9-6-15-4-2-3-5-18(15)19/h2-5,13,17,19,24H,6-12H2,1H3. The first-order chi connectivity index (χ1) is 12.7. The number of anilines is 1. The molecule has 2 aliphatic rings. The van der Waals surface area contributed by atoms with Crippen LogP contribution in [0.25, 0.3) is 0 Å². The van der Waals surface area contributed by atoms with Gasteiger partial charge < -0.3 is 5.11 Å². The zero-order chi connectivity index (χ0) is 18.1. The van der Waals surface area contributed by atoms with Gasteiger partial charge >= 0.3 is 0 Å². The van der Waals surface area contributed by atoms with Gasteiger partial charge in [0.05, 0.1) is 12.3 Å². The number of amides is 1. The number of rotatable bonds is 7. The number of fused-ring (bicyclic) bond motifs is 1. The van der Waals surface area contributed by atoms with E-state index in [1.54, 1.807) is 18.3 Å². The Kier molecular flexibility index (Phi) is 5.07. The van der Waals surface area contributed by atoms with Crippen molar-refractivity contribution in [2.24, 2.45) is 0 Å². The number of hydrogen-bond donors (Lipinski definition) is 1. The quantitative estimate of drug-likeness (QED) is 0.812. The Hall–Kier alpha value is -1.76. The molecular weight excluding hydrogens is 346 g/mol. The molecule has 1 amide bonds. The highest BCUT2D eigenvalue weighted by molar-refractivity contribution is 7.14. The first kappa shape index (κ1) is 17.6. The maximum atomic E-state index is 12.0. The van der Waals surface area contributed by atoms with Crippen LogP contribution in [0.4, 0.5) is 5.13 Å².